The van der Waals surface area contributed by atoms with Gasteiger partial charge < -0.3 is 0 Å². The molecule has 62 valence electrons. The summed E-state index contributed by atoms with van der Waals surface area (Å²) in [5.74, 6) is 0. The van der Waals surface area contributed by atoms with Crippen molar-refractivity contribution in [2.24, 2.45) is 5.41 Å². The smallest absolute Gasteiger partial charge is 0.0107 e. The molecule has 0 saturated heterocycles. The monoisotopic (exact) mass is 150 g/mol. The van der Waals surface area contributed by atoms with E-state index in [0.717, 1.165) is 0 Å². The highest BCUT2D eigenvalue weighted by Crippen LogP contribution is 2.38. The van der Waals surface area contributed by atoms with E-state index in [1.54, 1.807) is 5.57 Å². The first-order valence-corrected chi connectivity index (χ1v) is 4.30. The van der Waals surface area contributed by atoms with Crippen LogP contribution in [0, 0.1) is 5.41 Å². The lowest BCUT2D eigenvalue weighted by molar-refractivity contribution is 0.441. The first kappa shape index (κ1) is 8.58. The lowest BCUT2D eigenvalue weighted by Gasteiger charge is -2.31. The van der Waals surface area contributed by atoms with Crippen molar-refractivity contribution in [3.63, 3.8) is 0 Å². The van der Waals surface area contributed by atoms with Crippen molar-refractivity contribution in [1.82, 2.24) is 0 Å². The van der Waals surface area contributed by atoms with Gasteiger partial charge >= 0.3 is 0 Å². The first-order valence-electron chi connectivity index (χ1n) is 4.30. The predicted octanol–water partition coefficient (Wildman–Crippen LogP) is 3.70. The normalized spacial score (nSPS) is 23.5. The van der Waals surface area contributed by atoms with Crippen molar-refractivity contribution in [1.29, 1.82) is 0 Å². The summed E-state index contributed by atoms with van der Waals surface area (Å²) in [5, 5.41) is 0. The number of allylic oxidation sites excluding steroid dienone is 4. The molecule has 1 rings (SSSR count). The van der Waals surface area contributed by atoms with Crippen LogP contribution in [0.2, 0.25) is 0 Å². The molecule has 0 amide bonds. The average Bonchev–Trinajstić information content (AvgIpc) is 1.95. The molecule has 0 aromatic rings. The van der Waals surface area contributed by atoms with E-state index in [1.165, 1.54) is 17.6 Å². The Balaban J connectivity index is 3.07. The average molecular weight is 150 g/mol. The van der Waals surface area contributed by atoms with Gasteiger partial charge in [-0.3, -0.25) is 0 Å². The molecule has 0 atom stereocenters. The second-order valence-corrected chi connectivity index (χ2v) is 4.23. The van der Waals surface area contributed by atoms with Crippen LogP contribution in [0.25, 0.3) is 0 Å². The summed E-state index contributed by atoms with van der Waals surface area (Å²) in [6.45, 7) is 11.3. The molecule has 0 saturated carbocycles. The van der Waals surface area contributed by atoms with Crippen molar-refractivity contribution in [3.8, 4) is 0 Å². The Kier molecular flexibility index (Phi) is 1.96. The highest BCUT2D eigenvalue weighted by molar-refractivity contribution is 5.38. The molecule has 0 heteroatoms. The highest BCUT2D eigenvalue weighted by atomic mass is 14.3. The van der Waals surface area contributed by atoms with E-state index < -0.39 is 0 Å². The zero-order valence-corrected chi connectivity index (χ0v) is 8.28. The molecule has 0 aliphatic heterocycles. The van der Waals surface area contributed by atoms with E-state index >= 15 is 0 Å². The zero-order chi connectivity index (χ0) is 8.65. The van der Waals surface area contributed by atoms with Crippen LogP contribution in [-0.2, 0) is 0 Å². The summed E-state index contributed by atoms with van der Waals surface area (Å²) < 4.78 is 0. The molecule has 1 aliphatic carbocycles. The summed E-state index contributed by atoms with van der Waals surface area (Å²) in [6, 6.07) is 0. The molecular weight excluding hydrogens is 132 g/mol. The lowest BCUT2D eigenvalue weighted by Crippen LogP contribution is -2.16. The van der Waals surface area contributed by atoms with Crippen molar-refractivity contribution < 1.29 is 0 Å². The van der Waals surface area contributed by atoms with Gasteiger partial charge in [-0.05, 0) is 38.2 Å². The predicted molar refractivity (Wildman–Crippen MR) is 50.5 cm³/mol. The van der Waals surface area contributed by atoms with Crippen LogP contribution in [0.4, 0.5) is 0 Å². The summed E-state index contributed by atoms with van der Waals surface area (Å²) in [4.78, 5) is 0. The topological polar surface area (TPSA) is 0 Å². The highest BCUT2D eigenvalue weighted by Gasteiger charge is 2.23. The molecule has 11 heavy (non-hydrogen) atoms. The van der Waals surface area contributed by atoms with Crippen LogP contribution < -0.4 is 0 Å². The summed E-state index contributed by atoms with van der Waals surface area (Å²) >= 11 is 0. The second-order valence-electron chi connectivity index (χ2n) is 4.23. The van der Waals surface area contributed by atoms with Gasteiger partial charge in [0.05, 0.1) is 0 Å². The van der Waals surface area contributed by atoms with Crippen molar-refractivity contribution in [2.75, 3.05) is 0 Å². The zero-order valence-electron chi connectivity index (χ0n) is 8.28. The summed E-state index contributed by atoms with van der Waals surface area (Å²) in [7, 11) is 0. The number of hydrogen-bond donors (Lipinski definition) is 0. The lowest BCUT2D eigenvalue weighted by atomic mass is 9.74. The van der Waals surface area contributed by atoms with E-state index in [-0.39, 0.29) is 0 Å². The van der Waals surface area contributed by atoms with Crippen molar-refractivity contribution in [3.05, 3.63) is 22.8 Å². The molecular formula is C11H18. The molecule has 0 nitrogen and oxygen atoms in total. The third-order valence-electron chi connectivity index (χ3n) is 3.09. The van der Waals surface area contributed by atoms with Gasteiger partial charge in [0.1, 0.15) is 0 Å². The fourth-order valence-corrected chi connectivity index (χ4v) is 1.52. The Morgan fingerprint density at radius 1 is 1.18 bits per heavy atom. The summed E-state index contributed by atoms with van der Waals surface area (Å²) in [5.41, 5.74) is 4.89. The standard InChI is InChI=1S/C11H18/c1-8-6-7-11(4,5)10(3)9(8)2/h6H,7H2,1-5H3. The van der Waals surface area contributed by atoms with E-state index in [4.69, 9.17) is 0 Å². The molecule has 0 radical (unpaired) electrons. The second kappa shape index (κ2) is 2.51. The Bertz CT molecular complexity index is 226. The molecule has 0 spiro atoms. The quantitative estimate of drug-likeness (QED) is 0.494. The van der Waals surface area contributed by atoms with E-state index in [9.17, 15) is 0 Å². The SMILES string of the molecule is CC1=CCC(C)(C)C(C)=C1C. The molecule has 0 aromatic carbocycles. The van der Waals surface area contributed by atoms with Gasteiger partial charge in [-0.25, -0.2) is 0 Å². The van der Waals surface area contributed by atoms with Crippen molar-refractivity contribution in [2.45, 2.75) is 41.0 Å². The minimum absolute atomic E-state index is 0.392. The van der Waals surface area contributed by atoms with Gasteiger partial charge in [0.25, 0.3) is 0 Å². The maximum atomic E-state index is 2.35. The molecule has 0 N–H and O–H groups in total. The maximum Gasteiger partial charge on any atom is -0.0107 e. The van der Waals surface area contributed by atoms with Crippen LogP contribution in [-0.4, -0.2) is 0 Å². The fraction of sp³-hybridized carbons (Fsp3) is 0.636. The number of rotatable bonds is 0. The molecule has 0 heterocycles. The van der Waals surface area contributed by atoms with Gasteiger partial charge in [0, 0.05) is 0 Å². The number of hydrogen-bond acceptors (Lipinski definition) is 0. The van der Waals surface area contributed by atoms with Crippen LogP contribution >= 0.6 is 0 Å². The largest absolute Gasteiger partial charge is 0.0805 e. The van der Waals surface area contributed by atoms with E-state index in [2.05, 4.69) is 40.7 Å². The molecule has 0 bridgehead atoms. The van der Waals surface area contributed by atoms with Crippen LogP contribution in [0.15, 0.2) is 22.8 Å². The Morgan fingerprint density at radius 3 is 2.18 bits per heavy atom. The maximum absolute atomic E-state index is 2.35. The first-order chi connectivity index (χ1) is 4.95. The van der Waals surface area contributed by atoms with Gasteiger partial charge in [0.15, 0.2) is 0 Å². The van der Waals surface area contributed by atoms with E-state index in [1.807, 2.05) is 0 Å². The Morgan fingerprint density at radius 2 is 1.73 bits per heavy atom. The minimum atomic E-state index is 0.392. The van der Waals surface area contributed by atoms with Crippen LogP contribution in [0.5, 0.6) is 0 Å². The van der Waals surface area contributed by atoms with Crippen LogP contribution in [0.1, 0.15) is 41.0 Å². The van der Waals surface area contributed by atoms with Crippen molar-refractivity contribution >= 4 is 0 Å². The Hall–Kier alpha value is -0.520. The molecule has 1 aliphatic rings. The third kappa shape index (κ3) is 1.40. The fourth-order valence-electron chi connectivity index (χ4n) is 1.52. The van der Waals surface area contributed by atoms with Gasteiger partial charge in [-0.15, -0.1) is 0 Å². The summed E-state index contributed by atoms with van der Waals surface area (Å²) in [6.07, 6.45) is 3.55. The van der Waals surface area contributed by atoms with Gasteiger partial charge in [-0.2, -0.15) is 0 Å². The van der Waals surface area contributed by atoms with Gasteiger partial charge in [-0.1, -0.05) is 31.1 Å². The molecule has 0 unspecified atom stereocenters. The Labute approximate surface area is 70.0 Å². The molecule has 0 aromatic heterocycles. The third-order valence-corrected chi connectivity index (χ3v) is 3.09. The molecule has 0 fully saturated rings. The van der Waals surface area contributed by atoms with Gasteiger partial charge in [0.2, 0.25) is 0 Å². The minimum Gasteiger partial charge on any atom is -0.0805 e. The van der Waals surface area contributed by atoms with Crippen LogP contribution in [0.3, 0.4) is 0 Å². The van der Waals surface area contributed by atoms with E-state index in [0.29, 0.717) is 5.41 Å².